The molecule has 2 aliphatic rings. The minimum absolute atomic E-state index is 0.0922. The summed E-state index contributed by atoms with van der Waals surface area (Å²) in [5, 5.41) is 0.833. The van der Waals surface area contributed by atoms with Gasteiger partial charge in [-0.2, -0.15) is 0 Å². The molecule has 7 heteroatoms. The standard InChI is InChI=1S/C28H35N3O3S/c1-18-5-7-20(8-6-18)16-31-10-9-21(17-31)15-29-35(33,34)26-12-23-22(11-19(26)2)27-24(30-23)13-28(3,4)14-25(27)32/h5-8,11-12,21,29-30H,9-10,13-17H2,1-4H3/t21-/m1/s1. The number of nitrogens with zero attached hydrogens (tertiary/aromatic N) is 1. The predicted molar refractivity (Wildman–Crippen MR) is 139 cm³/mol. The first-order chi connectivity index (χ1) is 16.5. The molecule has 1 saturated heterocycles. The van der Waals surface area contributed by atoms with Gasteiger partial charge in [-0.1, -0.05) is 43.7 Å². The Labute approximate surface area is 208 Å². The number of hydrogen-bond donors (Lipinski definition) is 2. The van der Waals surface area contributed by atoms with Gasteiger partial charge in [-0.25, -0.2) is 13.1 Å². The topological polar surface area (TPSA) is 82.3 Å². The third-order valence-corrected chi connectivity index (χ3v) is 9.06. The molecule has 3 aromatic rings. The molecule has 0 saturated carbocycles. The number of carbonyl (C=O) groups is 1. The number of H-pyrrole nitrogens is 1. The number of rotatable bonds is 6. The first-order valence-corrected chi connectivity index (χ1v) is 13.9. The van der Waals surface area contributed by atoms with Gasteiger partial charge in [0.25, 0.3) is 0 Å². The van der Waals surface area contributed by atoms with Gasteiger partial charge in [0.2, 0.25) is 10.0 Å². The summed E-state index contributed by atoms with van der Waals surface area (Å²) in [5.41, 5.74) is 5.49. The van der Waals surface area contributed by atoms with Crippen molar-refractivity contribution >= 4 is 26.7 Å². The summed E-state index contributed by atoms with van der Waals surface area (Å²) in [6.45, 7) is 11.3. The van der Waals surface area contributed by atoms with Crippen molar-refractivity contribution in [2.24, 2.45) is 11.3 Å². The lowest BCUT2D eigenvalue weighted by Crippen LogP contribution is -2.31. The van der Waals surface area contributed by atoms with Crippen molar-refractivity contribution in [3.8, 4) is 0 Å². The van der Waals surface area contributed by atoms with E-state index in [0.717, 1.165) is 54.6 Å². The number of aromatic nitrogens is 1. The number of Topliss-reactive ketones (excluding diaryl/α,β-unsaturated/α-hetero) is 1. The number of likely N-dealkylation sites (tertiary alicyclic amines) is 1. The van der Waals surface area contributed by atoms with Gasteiger partial charge in [0.15, 0.2) is 5.78 Å². The molecule has 1 fully saturated rings. The van der Waals surface area contributed by atoms with E-state index >= 15 is 0 Å². The number of sulfonamides is 1. The van der Waals surface area contributed by atoms with Gasteiger partial charge in [-0.15, -0.1) is 0 Å². The fourth-order valence-corrected chi connectivity index (χ4v) is 7.04. The van der Waals surface area contributed by atoms with Gasteiger partial charge >= 0.3 is 0 Å². The summed E-state index contributed by atoms with van der Waals surface area (Å²) in [6, 6.07) is 12.1. The van der Waals surface area contributed by atoms with Gasteiger partial charge < -0.3 is 4.98 Å². The number of aromatic amines is 1. The Morgan fingerprint density at radius 3 is 2.60 bits per heavy atom. The lowest BCUT2D eigenvalue weighted by molar-refractivity contribution is 0.0913. The molecule has 1 aliphatic carbocycles. The van der Waals surface area contributed by atoms with Crippen molar-refractivity contribution in [2.45, 2.75) is 58.4 Å². The van der Waals surface area contributed by atoms with Crippen LogP contribution >= 0.6 is 0 Å². The molecule has 186 valence electrons. The van der Waals surface area contributed by atoms with Crippen LogP contribution in [0.3, 0.4) is 0 Å². The quantitative estimate of drug-likeness (QED) is 0.520. The average molecular weight is 494 g/mol. The van der Waals surface area contributed by atoms with E-state index < -0.39 is 10.0 Å². The third-order valence-electron chi connectivity index (χ3n) is 7.49. The lowest BCUT2D eigenvalue weighted by Gasteiger charge is -2.28. The molecule has 6 nitrogen and oxygen atoms in total. The van der Waals surface area contributed by atoms with Gasteiger partial charge in [0.1, 0.15) is 0 Å². The maximum atomic E-state index is 13.3. The molecule has 0 spiro atoms. The average Bonchev–Trinajstić information content (AvgIpc) is 3.36. The predicted octanol–water partition coefficient (Wildman–Crippen LogP) is 4.74. The van der Waals surface area contributed by atoms with Gasteiger partial charge in [-0.3, -0.25) is 9.69 Å². The second kappa shape index (κ2) is 8.87. The van der Waals surface area contributed by atoms with Crippen LogP contribution in [0.2, 0.25) is 0 Å². The zero-order chi connectivity index (χ0) is 25.0. The Bertz CT molecular complexity index is 1390. The highest BCUT2D eigenvalue weighted by molar-refractivity contribution is 7.89. The first-order valence-electron chi connectivity index (χ1n) is 12.5. The largest absolute Gasteiger partial charge is 0.358 e. The molecule has 2 N–H and O–H groups in total. The van der Waals surface area contributed by atoms with Crippen LogP contribution in [-0.2, 0) is 23.0 Å². The van der Waals surface area contributed by atoms with Crippen LogP contribution in [0.5, 0.6) is 0 Å². The molecule has 2 heterocycles. The summed E-state index contributed by atoms with van der Waals surface area (Å²) in [7, 11) is -3.66. The second-order valence-corrected chi connectivity index (χ2v) is 13.0. The normalized spacial score (nSPS) is 20.5. The molecule has 1 atom stereocenters. The number of ketones is 1. The molecule has 0 unspecified atom stereocenters. The molecule has 1 aliphatic heterocycles. The van der Waals surface area contributed by atoms with Crippen LogP contribution in [0, 0.1) is 25.2 Å². The lowest BCUT2D eigenvalue weighted by atomic mass is 9.76. The van der Waals surface area contributed by atoms with Crippen LogP contribution in [0.1, 0.15) is 59.4 Å². The molecule has 5 rings (SSSR count). The monoisotopic (exact) mass is 493 g/mol. The zero-order valence-electron chi connectivity index (χ0n) is 21.1. The van der Waals surface area contributed by atoms with Crippen LogP contribution in [0.15, 0.2) is 41.3 Å². The van der Waals surface area contributed by atoms with E-state index in [1.54, 1.807) is 6.07 Å². The highest BCUT2D eigenvalue weighted by atomic mass is 32.2. The number of aryl methyl sites for hydroxylation is 2. The summed E-state index contributed by atoms with van der Waals surface area (Å²) in [4.78, 5) is 18.8. The maximum absolute atomic E-state index is 13.3. The molecular weight excluding hydrogens is 458 g/mol. The Balaban J connectivity index is 1.29. The Morgan fingerprint density at radius 1 is 1.11 bits per heavy atom. The van der Waals surface area contributed by atoms with Crippen LogP contribution in [0.25, 0.3) is 10.9 Å². The minimum Gasteiger partial charge on any atom is -0.358 e. The Kier molecular flexibility index (Phi) is 6.14. The van der Waals surface area contributed by atoms with Gasteiger partial charge in [0, 0.05) is 48.2 Å². The summed E-state index contributed by atoms with van der Waals surface area (Å²) >= 11 is 0. The van der Waals surface area contributed by atoms with Crippen LogP contribution < -0.4 is 4.72 Å². The van der Waals surface area contributed by atoms with Crippen molar-refractivity contribution in [1.29, 1.82) is 0 Å². The van der Waals surface area contributed by atoms with E-state index in [9.17, 15) is 13.2 Å². The summed E-state index contributed by atoms with van der Waals surface area (Å²) in [6.07, 6.45) is 2.27. The molecule has 35 heavy (non-hydrogen) atoms. The third kappa shape index (κ3) is 4.95. The Morgan fingerprint density at radius 2 is 1.86 bits per heavy atom. The number of nitrogens with one attached hydrogen (secondary N) is 2. The molecule has 0 amide bonds. The van der Waals surface area contributed by atoms with Crippen molar-refractivity contribution in [3.63, 3.8) is 0 Å². The van der Waals surface area contributed by atoms with E-state index in [1.165, 1.54) is 11.1 Å². The molecule has 0 bridgehead atoms. The summed E-state index contributed by atoms with van der Waals surface area (Å²) < 4.78 is 29.4. The van der Waals surface area contributed by atoms with Crippen molar-refractivity contribution < 1.29 is 13.2 Å². The van der Waals surface area contributed by atoms with E-state index in [0.29, 0.717) is 18.5 Å². The smallest absolute Gasteiger partial charge is 0.240 e. The number of benzene rings is 2. The molecule has 0 radical (unpaired) electrons. The van der Waals surface area contributed by atoms with Gasteiger partial charge in [-0.05, 0) is 67.8 Å². The van der Waals surface area contributed by atoms with E-state index in [1.807, 2.05) is 13.0 Å². The van der Waals surface area contributed by atoms with Crippen molar-refractivity contribution in [1.82, 2.24) is 14.6 Å². The van der Waals surface area contributed by atoms with E-state index in [2.05, 4.69) is 59.6 Å². The molecule has 2 aromatic carbocycles. The fourth-order valence-electron chi connectivity index (χ4n) is 5.67. The Hall–Kier alpha value is -2.48. The number of hydrogen-bond acceptors (Lipinski definition) is 4. The zero-order valence-corrected chi connectivity index (χ0v) is 21.9. The van der Waals surface area contributed by atoms with E-state index in [-0.39, 0.29) is 22.0 Å². The second-order valence-electron chi connectivity index (χ2n) is 11.3. The molecular formula is C28H35N3O3S. The summed E-state index contributed by atoms with van der Waals surface area (Å²) in [5.74, 6) is 0.420. The highest BCUT2D eigenvalue weighted by Gasteiger charge is 2.34. The van der Waals surface area contributed by atoms with E-state index in [4.69, 9.17) is 0 Å². The van der Waals surface area contributed by atoms with Crippen molar-refractivity contribution in [2.75, 3.05) is 19.6 Å². The SMILES string of the molecule is Cc1ccc(CN2CC[C@H](CNS(=O)(=O)c3cc4[nH]c5c(c4cc3C)C(=O)CC(C)(C)C5)C2)cc1. The van der Waals surface area contributed by atoms with Gasteiger partial charge in [0.05, 0.1) is 4.90 Å². The highest BCUT2D eigenvalue weighted by Crippen LogP contribution is 2.39. The fraction of sp³-hybridized carbons (Fsp3) is 0.464. The first kappa shape index (κ1) is 24.2. The number of carbonyl (C=O) groups excluding carboxylic acids is 1. The molecule has 1 aromatic heterocycles. The van der Waals surface area contributed by atoms with Crippen LogP contribution in [0.4, 0.5) is 0 Å². The van der Waals surface area contributed by atoms with Crippen molar-refractivity contribution in [3.05, 3.63) is 64.3 Å². The number of fused-ring (bicyclic) bond motifs is 3. The minimum atomic E-state index is -3.66. The van der Waals surface area contributed by atoms with Crippen LogP contribution in [-0.4, -0.2) is 43.7 Å². The maximum Gasteiger partial charge on any atom is 0.240 e.